The summed E-state index contributed by atoms with van der Waals surface area (Å²) in [5, 5.41) is 3.45. The van der Waals surface area contributed by atoms with E-state index in [1.807, 2.05) is 6.20 Å². The second-order valence-electron chi connectivity index (χ2n) is 7.35. The molecule has 1 unspecified atom stereocenters. The SMILES string of the molecule is CCNC(=NCc1ccnc(N2CCOC(C)C2)c1)N1CCc2ccccc21. The number of aliphatic imine (C=N–C) groups is 1. The molecule has 1 saturated heterocycles. The molecule has 3 heterocycles. The summed E-state index contributed by atoms with van der Waals surface area (Å²) in [5.74, 6) is 1.96. The Labute approximate surface area is 167 Å². The molecule has 6 heteroatoms. The van der Waals surface area contributed by atoms with Crippen LogP contribution in [0.1, 0.15) is 25.0 Å². The van der Waals surface area contributed by atoms with E-state index in [1.165, 1.54) is 16.8 Å². The predicted octanol–water partition coefficient (Wildman–Crippen LogP) is 2.83. The summed E-state index contributed by atoms with van der Waals surface area (Å²) in [7, 11) is 0. The summed E-state index contributed by atoms with van der Waals surface area (Å²) in [4.78, 5) is 14.1. The fraction of sp³-hybridized carbons (Fsp3) is 0.455. The molecule has 1 atom stereocenters. The van der Waals surface area contributed by atoms with E-state index in [2.05, 4.69) is 70.3 Å². The van der Waals surface area contributed by atoms with Crippen molar-refractivity contribution in [2.45, 2.75) is 32.9 Å². The maximum Gasteiger partial charge on any atom is 0.198 e. The lowest BCUT2D eigenvalue weighted by molar-refractivity contribution is 0.0529. The Bertz CT molecular complexity index is 837. The fourth-order valence-electron chi connectivity index (χ4n) is 3.88. The van der Waals surface area contributed by atoms with Crippen LogP contribution >= 0.6 is 0 Å². The molecule has 1 aromatic heterocycles. The van der Waals surface area contributed by atoms with Gasteiger partial charge in [0.15, 0.2) is 5.96 Å². The second kappa shape index (κ2) is 8.61. The Hall–Kier alpha value is -2.60. The van der Waals surface area contributed by atoms with Crippen LogP contribution in [0, 0.1) is 0 Å². The molecule has 1 fully saturated rings. The third-order valence-corrected chi connectivity index (χ3v) is 5.26. The lowest BCUT2D eigenvalue weighted by Crippen LogP contribution is -2.41. The molecule has 0 saturated carbocycles. The van der Waals surface area contributed by atoms with Gasteiger partial charge in [0, 0.05) is 38.1 Å². The highest BCUT2D eigenvalue weighted by molar-refractivity contribution is 5.97. The van der Waals surface area contributed by atoms with Gasteiger partial charge in [-0.3, -0.25) is 0 Å². The van der Waals surface area contributed by atoms with E-state index in [0.29, 0.717) is 6.54 Å². The number of morpholine rings is 1. The first-order valence-electron chi connectivity index (χ1n) is 10.2. The largest absolute Gasteiger partial charge is 0.375 e. The molecule has 28 heavy (non-hydrogen) atoms. The van der Waals surface area contributed by atoms with Gasteiger partial charge in [0.05, 0.1) is 19.3 Å². The molecule has 0 spiro atoms. The molecule has 2 aliphatic rings. The van der Waals surface area contributed by atoms with Crippen molar-refractivity contribution in [3.63, 3.8) is 0 Å². The standard InChI is InChI=1S/C22H29N5O/c1-3-23-22(27-11-9-19-6-4-5-7-20(19)27)25-15-18-8-10-24-21(14-18)26-12-13-28-17(2)16-26/h4-8,10,14,17H,3,9,11-13,15-16H2,1-2H3,(H,23,25). The number of hydrogen-bond acceptors (Lipinski definition) is 4. The van der Waals surface area contributed by atoms with Gasteiger partial charge >= 0.3 is 0 Å². The Morgan fingerprint density at radius 2 is 2.18 bits per heavy atom. The zero-order chi connectivity index (χ0) is 19.3. The first kappa shape index (κ1) is 18.7. The minimum Gasteiger partial charge on any atom is -0.375 e. The Morgan fingerprint density at radius 3 is 3.04 bits per heavy atom. The summed E-state index contributed by atoms with van der Waals surface area (Å²) in [5.41, 5.74) is 3.83. The molecule has 0 aliphatic carbocycles. The van der Waals surface area contributed by atoms with Gasteiger partial charge in [-0.1, -0.05) is 18.2 Å². The minimum absolute atomic E-state index is 0.243. The van der Waals surface area contributed by atoms with Crippen LogP contribution in [-0.2, 0) is 17.7 Å². The molecule has 1 N–H and O–H groups in total. The molecular weight excluding hydrogens is 350 g/mol. The lowest BCUT2D eigenvalue weighted by Gasteiger charge is -2.32. The van der Waals surface area contributed by atoms with E-state index < -0.39 is 0 Å². The normalized spacial score (nSPS) is 19.6. The van der Waals surface area contributed by atoms with E-state index in [1.54, 1.807) is 0 Å². The zero-order valence-electron chi connectivity index (χ0n) is 16.8. The number of fused-ring (bicyclic) bond motifs is 1. The van der Waals surface area contributed by atoms with Crippen LogP contribution in [0.2, 0.25) is 0 Å². The molecule has 4 rings (SSSR count). The number of hydrogen-bond donors (Lipinski definition) is 1. The number of nitrogens with zero attached hydrogens (tertiary/aromatic N) is 4. The average molecular weight is 380 g/mol. The van der Waals surface area contributed by atoms with Crippen molar-refractivity contribution in [1.82, 2.24) is 10.3 Å². The summed E-state index contributed by atoms with van der Waals surface area (Å²) in [6.07, 6.45) is 3.20. The molecule has 0 amide bonds. The van der Waals surface area contributed by atoms with Crippen LogP contribution in [-0.4, -0.2) is 49.8 Å². The van der Waals surface area contributed by atoms with Gasteiger partial charge in [-0.2, -0.15) is 0 Å². The maximum atomic E-state index is 5.65. The molecule has 2 aliphatic heterocycles. The molecule has 0 bridgehead atoms. The monoisotopic (exact) mass is 379 g/mol. The number of ether oxygens (including phenoxy) is 1. The third-order valence-electron chi connectivity index (χ3n) is 5.26. The van der Waals surface area contributed by atoms with Crippen molar-refractivity contribution in [1.29, 1.82) is 0 Å². The molecular formula is C22H29N5O. The van der Waals surface area contributed by atoms with Crippen molar-refractivity contribution in [3.05, 3.63) is 53.7 Å². The van der Waals surface area contributed by atoms with Crippen LogP contribution < -0.4 is 15.1 Å². The third kappa shape index (κ3) is 4.12. The van der Waals surface area contributed by atoms with E-state index >= 15 is 0 Å². The number of rotatable bonds is 4. The number of nitrogens with one attached hydrogen (secondary N) is 1. The smallest absolute Gasteiger partial charge is 0.198 e. The van der Waals surface area contributed by atoms with Crippen LogP contribution in [0.15, 0.2) is 47.6 Å². The summed E-state index contributed by atoms with van der Waals surface area (Å²) in [6.45, 7) is 9.20. The number of benzene rings is 1. The number of guanidine groups is 1. The van der Waals surface area contributed by atoms with Gasteiger partial charge in [0.25, 0.3) is 0 Å². The lowest BCUT2D eigenvalue weighted by atomic mass is 10.2. The van der Waals surface area contributed by atoms with E-state index in [0.717, 1.165) is 51.0 Å². The van der Waals surface area contributed by atoms with Crippen LogP contribution in [0.5, 0.6) is 0 Å². The Balaban J connectivity index is 1.51. The maximum absolute atomic E-state index is 5.65. The zero-order valence-corrected chi connectivity index (χ0v) is 16.8. The van der Waals surface area contributed by atoms with Gasteiger partial charge in [-0.25, -0.2) is 9.98 Å². The number of aromatic nitrogens is 1. The van der Waals surface area contributed by atoms with Crippen molar-refractivity contribution in [3.8, 4) is 0 Å². The summed E-state index contributed by atoms with van der Waals surface area (Å²) < 4.78 is 5.65. The van der Waals surface area contributed by atoms with Gasteiger partial charge in [0.2, 0.25) is 0 Å². The summed E-state index contributed by atoms with van der Waals surface area (Å²) >= 11 is 0. The van der Waals surface area contributed by atoms with Crippen LogP contribution in [0.3, 0.4) is 0 Å². The van der Waals surface area contributed by atoms with Crippen molar-refractivity contribution in [2.75, 3.05) is 42.6 Å². The van der Waals surface area contributed by atoms with Crippen molar-refractivity contribution < 1.29 is 4.74 Å². The van der Waals surface area contributed by atoms with E-state index in [4.69, 9.17) is 9.73 Å². The van der Waals surface area contributed by atoms with Crippen LogP contribution in [0.25, 0.3) is 0 Å². The molecule has 1 aromatic carbocycles. The van der Waals surface area contributed by atoms with Gasteiger partial charge in [-0.15, -0.1) is 0 Å². The average Bonchev–Trinajstić information content (AvgIpc) is 3.15. The van der Waals surface area contributed by atoms with Gasteiger partial charge in [0.1, 0.15) is 5.82 Å². The highest BCUT2D eigenvalue weighted by atomic mass is 16.5. The van der Waals surface area contributed by atoms with Crippen LogP contribution in [0.4, 0.5) is 11.5 Å². The Morgan fingerprint density at radius 1 is 1.29 bits per heavy atom. The topological polar surface area (TPSA) is 53.0 Å². The second-order valence-corrected chi connectivity index (χ2v) is 7.35. The quantitative estimate of drug-likeness (QED) is 0.654. The van der Waals surface area contributed by atoms with Gasteiger partial charge in [-0.05, 0) is 49.6 Å². The number of anilines is 2. The van der Waals surface area contributed by atoms with Crippen molar-refractivity contribution >= 4 is 17.5 Å². The van der Waals surface area contributed by atoms with E-state index in [9.17, 15) is 0 Å². The minimum atomic E-state index is 0.243. The highest BCUT2D eigenvalue weighted by Gasteiger charge is 2.22. The highest BCUT2D eigenvalue weighted by Crippen LogP contribution is 2.27. The number of pyridine rings is 1. The Kier molecular flexibility index (Phi) is 5.76. The predicted molar refractivity (Wildman–Crippen MR) is 114 cm³/mol. The van der Waals surface area contributed by atoms with E-state index in [-0.39, 0.29) is 6.10 Å². The first-order chi connectivity index (χ1) is 13.7. The molecule has 2 aromatic rings. The molecule has 148 valence electrons. The molecule has 0 radical (unpaired) electrons. The summed E-state index contributed by atoms with van der Waals surface area (Å²) in [6, 6.07) is 12.8. The van der Waals surface area contributed by atoms with Gasteiger partial charge < -0.3 is 19.9 Å². The fourth-order valence-corrected chi connectivity index (χ4v) is 3.88. The number of para-hydroxylation sites is 1. The molecule has 6 nitrogen and oxygen atoms in total. The first-order valence-corrected chi connectivity index (χ1v) is 10.2. The van der Waals surface area contributed by atoms with Crippen molar-refractivity contribution in [2.24, 2.45) is 4.99 Å².